The summed E-state index contributed by atoms with van der Waals surface area (Å²) in [4.78, 5) is 1.44. The Labute approximate surface area is 80.7 Å². The minimum atomic E-state index is -0.0767. The molecule has 70 valence electrons. The highest BCUT2D eigenvalue weighted by Gasteiger charge is 2.03. The standard InChI is InChI=1S/C9H9N5/c10-9(11)8-6-12-14(13-8)7-4-2-1-3-5-7/h1-6H,(H3,10,11). The van der Waals surface area contributed by atoms with Gasteiger partial charge in [0.2, 0.25) is 0 Å². The molecule has 5 heteroatoms. The van der Waals surface area contributed by atoms with E-state index in [9.17, 15) is 0 Å². The molecule has 0 amide bonds. The van der Waals surface area contributed by atoms with Crippen molar-refractivity contribution >= 4 is 5.84 Å². The monoisotopic (exact) mass is 187 g/mol. The Morgan fingerprint density at radius 2 is 2.00 bits per heavy atom. The van der Waals surface area contributed by atoms with E-state index in [-0.39, 0.29) is 5.84 Å². The zero-order valence-electron chi connectivity index (χ0n) is 7.38. The van der Waals surface area contributed by atoms with Crippen molar-refractivity contribution in [2.24, 2.45) is 5.73 Å². The number of aromatic nitrogens is 3. The van der Waals surface area contributed by atoms with Crippen LogP contribution in [0.5, 0.6) is 0 Å². The third kappa shape index (κ3) is 1.47. The third-order valence-electron chi connectivity index (χ3n) is 1.75. The second kappa shape index (κ2) is 3.29. The number of nitrogen functional groups attached to an aromatic ring is 1. The molecule has 0 bridgehead atoms. The molecular weight excluding hydrogens is 178 g/mol. The second-order valence-corrected chi connectivity index (χ2v) is 2.77. The summed E-state index contributed by atoms with van der Waals surface area (Å²) in [6.45, 7) is 0. The summed E-state index contributed by atoms with van der Waals surface area (Å²) in [5.41, 5.74) is 6.50. The average molecular weight is 187 g/mol. The van der Waals surface area contributed by atoms with Crippen molar-refractivity contribution in [2.75, 3.05) is 0 Å². The van der Waals surface area contributed by atoms with Crippen molar-refractivity contribution in [1.82, 2.24) is 15.0 Å². The molecular formula is C9H9N5. The number of hydrogen-bond acceptors (Lipinski definition) is 3. The maximum Gasteiger partial charge on any atom is 0.147 e. The Morgan fingerprint density at radius 1 is 1.29 bits per heavy atom. The van der Waals surface area contributed by atoms with E-state index in [1.165, 1.54) is 11.0 Å². The van der Waals surface area contributed by atoms with Crippen LogP contribution >= 0.6 is 0 Å². The van der Waals surface area contributed by atoms with Gasteiger partial charge >= 0.3 is 0 Å². The summed E-state index contributed by atoms with van der Waals surface area (Å²) in [6.07, 6.45) is 1.47. The molecule has 1 aromatic heterocycles. The molecule has 0 atom stereocenters. The Bertz CT molecular complexity index is 445. The van der Waals surface area contributed by atoms with Crippen molar-refractivity contribution in [3.63, 3.8) is 0 Å². The first-order valence-electron chi connectivity index (χ1n) is 4.09. The minimum Gasteiger partial charge on any atom is -0.382 e. The van der Waals surface area contributed by atoms with Gasteiger partial charge in [-0.15, -0.1) is 5.10 Å². The zero-order valence-corrected chi connectivity index (χ0v) is 7.38. The van der Waals surface area contributed by atoms with E-state index in [0.29, 0.717) is 5.69 Å². The van der Waals surface area contributed by atoms with Crippen molar-refractivity contribution in [1.29, 1.82) is 5.41 Å². The van der Waals surface area contributed by atoms with Gasteiger partial charge in [0, 0.05) is 0 Å². The zero-order chi connectivity index (χ0) is 9.97. The highest BCUT2D eigenvalue weighted by molar-refractivity contribution is 5.92. The number of nitrogens with two attached hydrogens (primary N) is 1. The molecule has 1 heterocycles. The SMILES string of the molecule is N=C(N)c1cnn(-c2ccccc2)n1. The maximum atomic E-state index is 7.17. The van der Waals surface area contributed by atoms with Gasteiger partial charge in [-0.05, 0) is 12.1 Å². The topological polar surface area (TPSA) is 80.6 Å². The van der Waals surface area contributed by atoms with Gasteiger partial charge < -0.3 is 5.73 Å². The lowest BCUT2D eigenvalue weighted by Gasteiger charge is -1.96. The van der Waals surface area contributed by atoms with Crippen LogP contribution in [0.4, 0.5) is 0 Å². The van der Waals surface area contributed by atoms with Crippen LogP contribution in [0, 0.1) is 5.41 Å². The predicted molar refractivity (Wildman–Crippen MR) is 52.4 cm³/mol. The molecule has 5 nitrogen and oxygen atoms in total. The molecule has 0 fully saturated rings. The number of amidine groups is 1. The lowest BCUT2D eigenvalue weighted by atomic mass is 10.3. The average Bonchev–Trinajstić information content (AvgIpc) is 2.68. The molecule has 3 N–H and O–H groups in total. The van der Waals surface area contributed by atoms with Crippen LogP contribution in [0.2, 0.25) is 0 Å². The van der Waals surface area contributed by atoms with E-state index in [2.05, 4.69) is 10.2 Å². The first-order chi connectivity index (χ1) is 6.77. The highest BCUT2D eigenvalue weighted by Crippen LogP contribution is 2.03. The predicted octanol–water partition coefficient (Wildman–Crippen LogP) is 0.551. The molecule has 0 saturated heterocycles. The van der Waals surface area contributed by atoms with Crippen LogP contribution in [0.15, 0.2) is 36.5 Å². The Balaban J connectivity index is 2.39. The van der Waals surface area contributed by atoms with Crippen molar-refractivity contribution < 1.29 is 0 Å². The number of nitrogens with one attached hydrogen (secondary N) is 1. The van der Waals surface area contributed by atoms with E-state index in [0.717, 1.165) is 5.69 Å². The molecule has 2 rings (SSSR count). The fraction of sp³-hybridized carbons (Fsp3) is 0. The van der Waals surface area contributed by atoms with Crippen LogP contribution < -0.4 is 5.73 Å². The van der Waals surface area contributed by atoms with Crippen LogP contribution in [0.3, 0.4) is 0 Å². The number of hydrogen-bond donors (Lipinski definition) is 2. The van der Waals surface area contributed by atoms with E-state index >= 15 is 0 Å². The first kappa shape index (κ1) is 8.43. The highest BCUT2D eigenvalue weighted by atomic mass is 15.5. The molecule has 0 aliphatic rings. The Hall–Kier alpha value is -2.17. The normalized spacial score (nSPS) is 10.0. The van der Waals surface area contributed by atoms with Crippen LogP contribution in [0.1, 0.15) is 5.69 Å². The second-order valence-electron chi connectivity index (χ2n) is 2.77. The van der Waals surface area contributed by atoms with Crippen molar-refractivity contribution in [3.05, 3.63) is 42.2 Å². The van der Waals surface area contributed by atoms with Gasteiger partial charge in [0.1, 0.15) is 11.5 Å². The van der Waals surface area contributed by atoms with Gasteiger partial charge in [0.15, 0.2) is 0 Å². The molecule has 14 heavy (non-hydrogen) atoms. The van der Waals surface area contributed by atoms with Gasteiger partial charge in [0.05, 0.1) is 11.9 Å². The summed E-state index contributed by atoms with van der Waals surface area (Å²) < 4.78 is 0. The summed E-state index contributed by atoms with van der Waals surface area (Å²) in [6, 6.07) is 9.46. The molecule has 0 aliphatic carbocycles. The molecule has 0 spiro atoms. The smallest absolute Gasteiger partial charge is 0.147 e. The lowest BCUT2D eigenvalue weighted by molar-refractivity contribution is 0.750. The third-order valence-corrected chi connectivity index (χ3v) is 1.75. The molecule has 0 aliphatic heterocycles. The quantitative estimate of drug-likeness (QED) is 0.532. The van der Waals surface area contributed by atoms with E-state index in [4.69, 9.17) is 11.1 Å². The van der Waals surface area contributed by atoms with Crippen LogP contribution in [-0.4, -0.2) is 20.8 Å². The van der Waals surface area contributed by atoms with Crippen LogP contribution in [-0.2, 0) is 0 Å². The number of benzene rings is 1. The molecule has 0 unspecified atom stereocenters. The number of rotatable bonds is 2. The van der Waals surface area contributed by atoms with E-state index < -0.39 is 0 Å². The van der Waals surface area contributed by atoms with Gasteiger partial charge in [0.25, 0.3) is 0 Å². The van der Waals surface area contributed by atoms with E-state index in [1.54, 1.807) is 0 Å². The summed E-state index contributed by atoms with van der Waals surface area (Å²) in [5.74, 6) is -0.0767. The Morgan fingerprint density at radius 3 is 2.57 bits per heavy atom. The lowest BCUT2D eigenvalue weighted by Crippen LogP contribution is -2.12. The molecule has 0 radical (unpaired) electrons. The molecule has 2 aromatic rings. The van der Waals surface area contributed by atoms with Gasteiger partial charge in [-0.2, -0.15) is 9.90 Å². The largest absolute Gasteiger partial charge is 0.382 e. The van der Waals surface area contributed by atoms with Gasteiger partial charge in [-0.25, -0.2) is 0 Å². The fourth-order valence-corrected chi connectivity index (χ4v) is 1.07. The molecule has 0 saturated carbocycles. The number of nitrogens with zero attached hydrogens (tertiary/aromatic N) is 3. The van der Waals surface area contributed by atoms with Crippen molar-refractivity contribution in [3.8, 4) is 5.69 Å². The van der Waals surface area contributed by atoms with E-state index in [1.807, 2.05) is 30.3 Å². The minimum absolute atomic E-state index is 0.0767. The van der Waals surface area contributed by atoms with Gasteiger partial charge in [-0.1, -0.05) is 18.2 Å². The first-order valence-corrected chi connectivity index (χ1v) is 4.09. The molecule has 1 aromatic carbocycles. The number of para-hydroxylation sites is 1. The summed E-state index contributed by atoms with van der Waals surface area (Å²) in [7, 11) is 0. The summed E-state index contributed by atoms with van der Waals surface area (Å²) >= 11 is 0. The van der Waals surface area contributed by atoms with Gasteiger partial charge in [-0.3, -0.25) is 5.41 Å². The Kier molecular flexibility index (Phi) is 1.98. The maximum absolute atomic E-state index is 7.17. The summed E-state index contributed by atoms with van der Waals surface area (Å²) in [5, 5.41) is 15.2. The van der Waals surface area contributed by atoms with Crippen molar-refractivity contribution in [2.45, 2.75) is 0 Å². The fourth-order valence-electron chi connectivity index (χ4n) is 1.07. The van der Waals surface area contributed by atoms with Crippen LogP contribution in [0.25, 0.3) is 5.69 Å².